The number of carbonyl (C=O) groups is 1. The van der Waals surface area contributed by atoms with Crippen molar-refractivity contribution in [3.8, 4) is 18.1 Å². The number of terminal acetylenes is 1. The van der Waals surface area contributed by atoms with E-state index >= 15 is 0 Å². The largest absolute Gasteiger partial charge is 0.506 e. The molecule has 1 rings (SSSR count). The molecule has 13 heavy (non-hydrogen) atoms. The number of nitrogens with one attached hydrogen (secondary N) is 1. The maximum absolute atomic E-state index is 10.7. The van der Waals surface area contributed by atoms with Gasteiger partial charge in [0.25, 0.3) is 5.91 Å². The molecule has 0 atom stereocenters. The van der Waals surface area contributed by atoms with E-state index in [-0.39, 0.29) is 10.8 Å². The highest BCUT2D eigenvalue weighted by Crippen LogP contribution is 2.25. The lowest BCUT2D eigenvalue weighted by molar-refractivity contribution is -0.111. The normalized spacial score (nSPS) is 8.92. The molecular weight excluding hydrogens is 190 g/mol. The first kappa shape index (κ1) is 9.43. The number of hydrogen-bond acceptors (Lipinski definition) is 2. The molecule has 1 aromatic rings. The van der Waals surface area contributed by atoms with E-state index in [1.54, 1.807) is 0 Å². The van der Waals surface area contributed by atoms with Gasteiger partial charge in [-0.2, -0.15) is 0 Å². The summed E-state index contributed by atoms with van der Waals surface area (Å²) in [5, 5.41) is 11.6. The fourth-order valence-corrected chi connectivity index (χ4v) is 0.932. The van der Waals surface area contributed by atoms with Crippen molar-refractivity contribution in [3.63, 3.8) is 0 Å². The predicted molar refractivity (Wildman–Crippen MR) is 50.6 cm³/mol. The summed E-state index contributed by atoms with van der Waals surface area (Å²) in [6.07, 6.45) is 4.84. The number of amides is 1. The zero-order valence-electron chi connectivity index (χ0n) is 6.54. The first-order chi connectivity index (χ1) is 6.13. The fraction of sp³-hybridized carbons (Fsp3) is 0. The van der Waals surface area contributed by atoms with Gasteiger partial charge in [-0.15, -0.1) is 6.42 Å². The van der Waals surface area contributed by atoms with Crippen molar-refractivity contribution in [3.05, 3.63) is 23.2 Å². The third kappa shape index (κ3) is 2.39. The maximum atomic E-state index is 10.7. The van der Waals surface area contributed by atoms with Crippen molar-refractivity contribution in [1.82, 2.24) is 0 Å². The average Bonchev–Trinajstić information content (AvgIpc) is 2.11. The number of phenolic OH excluding ortho intramolecular Hbond substituents is 1. The van der Waals surface area contributed by atoms with Crippen LogP contribution in [-0.4, -0.2) is 11.0 Å². The predicted octanol–water partition coefficient (Wildman–Crippen LogP) is 1.62. The molecular formula is C9H6ClNO2. The molecule has 1 aromatic carbocycles. The van der Waals surface area contributed by atoms with E-state index < -0.39 is 5.91 Å². The van der Waals surface area contributed by atoms with Crippen molar-refractivity contribution >= 4 is 23.2 Å². The quantitative estimate of drug-likeness (QED) is 0.529. The van der Waals surface area contributed by atoms with Crippen LogP contribution in [0.15, 0.2) is 18.2 Å². The summed E-state index contributed by atoms with van der Waals surface area (Å²) in [4.78, 5) is 10.7. The Labute approximate surface area is 80.3 Å². The van der Waals surface area contributed by atoms with Crippen molar-refractivity contribution in [2.45, 2.75) is 0 Å². The summed E-state index contributed by atoms with van der Waals surface area (Å²) in [7, 11) is 0. The summed E-state index contributed by atoms with van der Waals surface area (Å²) in [6, 6.07) is 4.27. The first-order valence-corrected chi connectivity index (χ1v) is 3.77. The highest BCUT2D eigenvalue weighted by atomic mass is 35.5. The van der Waals surface area contributed by atoms with E-state index in [1.165, 1.54) is 18.2 Å². The Morgan fingerprint density at radius 2 is 2.31 bits per heavy atom. The molecule has 0 radical (unpaired) electrons. The first-order valence-electron chi connectivity index (χ1n) is 3.39. The molecule has 66 valence electrons. The molecule has 0 spiro atoms. The van der Waals surface area contributed by atoms with Gasteiger partial charge >= 0.3 is 0 Å². The molecule has 0 fully saturated rings. The highest BCUT2D eigenvalue weighted by Gasteiger charge is 2.01. The molecule has 3 nitrogen and oxygen atoms in total. The Morgan fingerprint density at radius 1 is 1.62 bits per heavy atom. The standard InChI is InChI=1S/C9H6ClNO2/c1-2-9(13)11-6-3-4-8(12)7(10)5-6/h1,3-5,12H,(H,11,13). The minimum Gasteiger partial charge on any atom is -0.506 e. The Hall–Kier alpha value is -1.66. The van der Waals surface area contributed by atoms with Crippen LogP contribution in [0.25, 0.3) is 0 Å². The molecule has 0 heterocycles. The molecule has 0 aromatic heterocycles. The van der Waals surface area contributed by atoms with Gasteiger partial charge in [0.1, 0.15) is 5.75 Å². The third-order valence-electron chi connectivity index (χ3n) is 1.34. The molecule has 0 saturated heterocycles. The van der Waals surface area contributed by atoms with E-state index in [2.05, 4.69) is 5.32 Å². The van der Waals surface area contributed by atoms with Crippen LogP contribution in [0.4, 0.5) is 5.69 Å². The molecule has 0 saturated carbocycles. The van der Waals surface area contributed by atoms with Crippen molar-refractivity contribution in [2.24, 2.45) is 0 Å². The Kier molecular flexibility index (Phi) is 2.78. The molecule has 0 aliphatic rings. The second kappa shape index (κ2) is 3.83. The zero-order valence-corrected chi connectivity index (χ0v) is 7.30. The third-order valence-corrected chi connectivity index (χ3v) is 1.64. The minimum atomic E-state index is -0.554. The number of phenols is 1. The molecule has 4 heteroatoms. The summed E-state index contributed by atoms with van der Waals surface area (Å²) in [6.45, 7) is 0. The number of hydrogen-bond donors (Lipinski definition) is 2. The highest BCUT2D eigenvalue weighted by molar-refractivity contribution is 6.32. The van der Waals surface area contributed by atoms with Gasteiger partial charge in [0, 0.05) is 5.69 Å². The van der Waals surface area contributed by atoms with Crippen LogP contribution in [0.3, 0.4) is 0 Å². The van der Waals surface area contributed by atoms with Gasteiger partial charge in [0.2, 0.25) is 0 Å². The second-order valence-electron chi connectivity index (χ2n) is 2.26. The molecule has 0 aliphatic carbocycles. The van der Waals surface area contributed by atoms with E-state index in [0.29, 0.717) is 5.69 Å². The van der Waals surface area contributed by atoms with Crippen molar-refractivity contribution < 1.29 is 9.90 Å². The van der Waals surface area contributed by atoms with Gasteiger partial charge in [0.15, 0.2) is 0 Å². The van der Waals surface area contributed by atoms with E-state index in [1.807, 2.05) is 5.92 Å². The van der Waals surface area contributed by atoms with Crippen LogP contribution in [0.1, 0.15) is 0 Å². The topological polar surface area (TPSA) is 49.3 Å². The number of benzene rings is 1. The van der Waals surface area contributed by atoms with Gasteiger partial charge in [-0.25, -0.2) is 0 Å². The van der Waals surface area contributed by atoms with E-state index in [4.69, 9.17) is 23.1 Å². The van der Waals surface area contributed by atoms with Gasteiger partial charge in [0.05, 0.1) is 5.02 Å². The summed E-state index contributed by atoms with van der Waals surface area (Å²) >= 11 is 5.59. The lowest BCUT2D eigenvalue weighted by Gasteiger charge is -2.02. The van der Waals surface area contributed by atoms with Gasteiger partial charge in [-0.3, -0.25) is 4.79 Å². The summed E-state index contributed by atoms with van der Waals surface area (Å²) in [5.74, 6) is 1.30. The van der Waals surface area contributed by atoms with E-state index in [9.17, 15) is 4.79 Å². The van der Waals surface area contributed by atoms with Crippen LogP contribution >= 0.6 is 11.6 Å². The number of rotatable bonds is 1. The van der Waals surface area contributed by atoms with Crippen LogP contribution in [0, 0.1) is 12.3 Å². The zero-order chi connectivity index (χ0) is 9.84. The van der Waals surface area contributed by atoms with Crippen molar-refractivity contribution in [1.29, 1.82) is 0 Å². The summed E-state index contributed by atoms with van der Waals surface area (Å²) in [5.41, 5.74) is 0.450. The van der Waals surface area contributed by atoms with Gasteiger partial charge in [-0.05, 0) is 24.1 Å². The average molecular weight is 196 g/mol. The summed E-state index contributed by atoms with van der Waals surface area (Å²) < 4.78 is 0. The smallest absolute Gasteiger partial charge is 0.300 e. The SMILES string of the molecule is C#CC(=O)Nc1ccc(O)c(Cl)c1. The molecule has 0 aliphatic heterocycles. The number of carbonyl (C=O) groups excluding carboxylic acids is 1. The van der Waals surface area contributed by atoms with Crippen LogP contribution < -0.4 is 5.32 Å². The fourth-order valence-electron chi connectivity index (χ4n) is 0.752. The minimum absolute atomic E-state index is 0.0413. The number of aromatic hydroxyl groups is 1. The lowest BCUT2D eigenvalue weighted by Crippen LogP contribution is -2.07. The molecule has 2 N–H and O–H groups in total. The molecule has 1 amide bonds. The van der Waals surface area contributed by atoms with Gasteiger partial charge < -0.3 is 10.4 Å². The lowest BCUT2D eigenvalue weighted by atomic mass is 10.3. The van der Waals surface area contributed by atoms with Crippen LogP contribution in [-0.2, 0) is 4.79 Å². The molecule has 0 unspecified atom stereocenters. The van der Waals surface area contributed by atoms with Gasteiger partial charge in [-0.1, -0.05) is 11.6 Å². The van der Waals surface area contributed by atoms with E-state index in [0.717, 1.165) is 0 Å². The Balaban J connectivity index is 2.87. The Bertz CT molecular complexity index is 382. The monoisotopic (exact) mass is 195 g/mol. The second-order valence-corrected chi connectivity index (χ2v) is 2.67. The number of halogens is 1. The molecule has 0 bridgehead atoms. The van der Waals surface area contributed by atoms with Crippen LogP contribution in [0.2, 0.25) is 5.02 Å². The Morgan fingerprint density at radius 3 is 2.85 bits per heavy atom. The van der Waals surface area contributed by atoms with Crippen molar-refractivity contribution in [2.75, 3.05) is 5.32 Å². The maximum Gasteiger partial charge on any atom is 0.300 e. The number of anilines is 1. The van der Waals surface area contributed by atoms with Crippen LogP contribution in [0.5, 0.6) is 5.75 Å².